The summed E-state index contributed by atoms with van der Waals surface area (Å²) in [5, 5.41) is 8.06. The van der Waals surface area contributed by atoms with Crippen molar-refractivity contribution in [1.29, 1.82) is 0 Å². The lowest BCUT2D eigenvalue weighted by molar-refractivity contribution is 0.0995. The van der Waals surface area contributed by atoms with Gasteiger partial charge in [0.1, 0.15) is 5.69 Å². The molecule has 0 spiro atoms. The molecule has 17 heavy (non-hydrogen) atoms. The molecule has 0 fully saturated rings. The Bertz CT molecular complexity index is 533. The van der Waals surface area contributed by atoms with Gasteiger partial charge in [0.15, 0.2) is 5.69 Å². The molecule has 1 amide bonds. The van der Waals surface area contributed by atoms with Crippen molar-refractivity contribution in [3.05, 3.63) is 35.9 Å². The molecule has 2 heterocycles. The summed E-state index contributed by atoms with van der Waals surface area (Å²) in [5.74, 6) is -0.364. The van der Waals surface area contributed by atoms with Crippen LogP contribution in [0.3, 0.4) is 0 Å². The second-order valence-corrected chi connectivity index (χ2v) is 3.93. The largest absolute Gasteiger partial charge is 0.364 e. The minimum atomic E-state index is -0.584. The molecule has 2 aromatic rings. The lowest BCUT2D eigenvalue weighted by Crippen LogP contribution is -2.19. The molecular weight excluding hydrogens is 218 g/mol. The van der Waals surface area contributed by atoms with Crippen LogP contribution in [-0.4, -0.2) is 25.9 Å². The Kier molecular flexibility index (Phi) is 2.86. The van der Waals surface area contributed by atoms with Crippen LogP contribution >= 0.6 is 0 Å². The van der Waals surface area contributed by atoms with E-state index in [2.05, 4.69) is 15.2 Å². The predicted octanol–water partition coefficient (Wildman–Crippen LogP) is 0.885. The first-order valence-electron chi connectivity index (χ1n) is 5.26. The zero-order valence-electron chi connectivity index (χ0n) is 9.66. The minimum absolute atomic E-state index is 0.187. The van der Waals surface area contributed by atoms with Gasteiger partial charge in [-0.3, -0.25) is 4.79 Å². The zero-order valence-corrected chi connectivity index (χ0v) is 9.66. The lowest BCUT2D eigenvalue weighted by atomic mass is 10.0. The van der Waals surface area contributed by atoms with E-state index in [1.165, 1.54) is 4.80 Å². The third-order valence-electron chi connectivity index (χ3n) is 2.43. The van der Waals surface area contributed by atoms with E-state index < -0.39 is 5.91 Å². The van der Waals surface area contributed by atoms with Crippen LogP contribution in [0.1, 0.15) is 35.8 Å². The van der Waals surface area contributed by atoms with Gasteiger partial charge >= 0.3 is 0 Å². The molecule has 0 bridgehead atoms. The quantitative estimate of drug-likeness (QED) is 0.849. The third kappa shape index (κ3) is 2.01. The maximum Gasteiger partial charge on any atom is 0.269 e. The van der Waals surface area contributed by atoms with Gasteiger partial charge < -0.3 is 5.73 Å². The Morgan fingerprint density at radius 2 is 1.94 bits per heavy atom. The lowest BCUT2D eigenvalue weighted by Gasteiger charge is -2.13. The molecule has 0 aliphatic rings. The standard InChI is InChI=1S/C11H13N5O/c1-7(2)8-3-4-13-9(11(12)17)10(8)16-14-5-6-15-16/h3-7H,1-2H3,(H2,12,17). The van der Waals surface area contributed by atoms with E-state index in [0.29, 0.717) is 5.69 Å². The fraction of sp³-hybridized carbons (Fsp3) is 0.273. The average Bonchev–Trinajstić information content (AvgIpc) is 2.80. The van der Waals surface area contributed by atoms with Gasteiger partial charge in [-0.25, -0.2) is 4.98 Å². The fourth-order valence-corrected chi connectivity index (χ4v) is 1.66. The number of hydrogen-bond acceptors (Lipinski definition) is 4. The van der Waals surface area contributed by atoms with E-state index in [9.17, 15) is 4.79 Å². The monoisotopic (exact) mass is 231 g/mol. The van der Waals surface area contributed by atoms with Gasteiger partial charge in [-0.15, -0.1) is 4.80 Å². The topological polar surface area (TPSA) is 86.7 Å². The van der Waals surface area contributed by atoms with E-state index >= 15 is 0 Å². The van der Waals surface area contributed by atoms with E-state index in [1.807, 2.05) is 19.9 Å². The van der Waals surface area contributed by atoms with Gasteiger partial charge in [0.2, 0.25) is 0 Å². The molecule has 6 heteroatoms. The number of amides is 1. The summed E-state index contributed by atoms with van der Waals surface area (Å²) < 4.78 is 0. The summed E-state index contributed by atoms with van der Waals surface area (Å²) >= 11 is 0. The molecule has 0 radical (unpaired) electrons. The van der Waals surface area contributed by atoms with Crippen molar-refractivity contribution in [3.63, 3.8) is 0 Å². The third-order valence-corrected chi connectivity index (χ3v) is 2.43. The van der Waals surface area contributed by atoms with Crippen LogP contribution in [0.25, 0.3) is 5.69 Å². The van der Waals surface area contributed by atoms with Crippen LogP contribution in [0.5, 0.6) is 0 Å². The second kappa shape index (κ2) is 4.32. The smallest absolute Gasteiger partial charge is 0.269 e. The van der Waals surface area contributed by atoms with Gasteiger partial charge in [0.25, 0.3) is 5.91 Å². The molecule has 0 saturated heterocycles. The van der Waals surface area contributed by atoms with Crippen LogP contribution in [0.15, 0.2) is 24.7 Å². The highest BCUT2D eigenvalue weighted by Crippen LogP contribution is 2.23. The number of nitrogens with two attached hydrogens (primary N) is 1. The maximum atomic E-state index is 11.4. The van der Waals surface area contributed by atoms with Crippen LogP contribution in [-0.2, 0) is 0 Å². The highest BCUT2D eigenvalue weighted by atomic mass is 16.1. The summed E-state index contributed by atoms with van der Waals surface area (Å²) in [6.07, 6.45) is 4.66. The van der Waals surface area contributed by atoms with Gasteiger partial charge in [0, 0.05) is 6.20 Å². The number of carbonyl (C=O) groups is 1. The summed E-state index contributed by atoms with van der Waals surface area (Å²) in [7, 11) is 0. The van der Waals surface area contributed by atoms with E-state index in [0.717, 1.165) is 5.56 Å². The number of nitrogens with zero attached hydrogens (tertiary/aromatic N) is 4. The van der Waals surface area contributed by atoms with Crippen molar-refractivity contribution in [2.45, 2.75) is 19.8 Å². The number of pyridine rings is 1. The predicted molar refractivity (Wildman–Crippen MR) is 61.8 cm³/mol. The van der Waals surface area contributed by atoms with Crippen molar-refractivity contribution >= 4 is 5.91 Å². The number of hydrogen-bond donors (Lipinski definition) is 1. The van der Waals surface area contributed by atoms with Crippen molar-refractivity contribution in [2.24, 2.45) is 5.73 Å². The Morgan fingerprint density at radius 3 is 2.47 bits per heavy atom. The number of rotatable bonds is 3. The van der Waals surface area contributed by atoms with Gasteiger partial charge in [-0.1, -0.05) is 13.8 Å². The summed E-state index contributed by atoms with van der Waals surface area (Å²) in [6, 6.07) is 1.84. The molecular formula is C11H13N5O. The number of carbonyl (C=O) groups excluding carboxylic acids is 1. The first-order valence-corrected chi connectivity index (χ1v) is 5.26. The van der Waals surface area contributed by atoms with E-state index in [4.69, 9.17) is 5.73 Å². The molecule has 0 aliphatic carbocycles. The summed E-state index contributed by atoms with van der Waals surface area (Å²) in [6.45, 7) is 4.04. The van der Waals surface area contributed by atoms with Gasteiger partial charge in [-0.05, 0) is 17.5 Å². The molecule has 6 nitrogen and oxygen atoms in total. The second-order valence-electron chi connectivity index (χ2n) is 3.93. The molecule has 0 aromatic carbocycles. The van der Waals surface area contributed by atoms with Crippen molar-refractivity contribution in [3.8, 4) is 5.69 Å². The van der Waals surface area contributed by atoms with E-state index in [-0.39, 0.29) is 11.6 Å². The van der Waals surface area contributed by atoms with Gasteiger partial charge in [-0.2, -0.15) is 10.2 Å². The molecule has 0 atom stereocenters. The molecule has 0 unspecified atom stereocenters. The van der Waals surface area contributed by atoms with E-state index in [1.54, 1.807) is 18.6 Å². The molecule has 0 saturated carbocycles. The number of primary amides is 1. The maximum absolute atomic E-state index is 11.4. The molecule has 0 aliphatic heterocycles. The van der Waals surface area contributed by atoms with Crippen LogP contribution in [0, 0.1) is 0 Å². The van der Waals surface area contributed by atoms with Crippen LogP contribution < -0.4 is 5.73 Å². The molecule has 2 N–H and O–H groups in total. The molecule has 88 valence electrons. The average molecular weight is 231 g/mol. The number of aromatic nitrogens is 4. The highest BCUT2D eigenvalue weighted by Gasteiger charge is 2.18. The Hall–Kier alpha value is -2.24. The van der Waals surface area contributed by atoms with Gasteiger partial charge in [0.05, 0.1) is 12.4 Å². The zero-order chi connectivity index (χ0) is 12.4. The summed E-state index contributed by atoms with van der Waals surface area (Å²) in [4.78, 5) is 16.8. The van der Waals surface area contributed by atoms with Crippen molar-refractivity contribution in [1.82, 2.24) is 20.0 Å². The minimum Gasteiger partial charge on any atom is -0.364 e. The molecule has 2 aromatic heterocycles. The Labute approximate surface area is 98.5 Å². The SMILES string of the molecule is CC(C)c1ccnc(C(N)=O)c1-n1nccn1. The van der Waals surface area contributed by atoms with Crippen LogP contribution in [0.4, 0.5) is 0 Å². The fourth-order valence-electron chi connectivity index (χ4n) is 1.66. The Balaban J connectivity index is 2.71. The highest BCUT2D eigenvalue weighted by molar-refractivity contribution is 5.94. The molecule has 2 rings (SSSR count). The Morgan fingerprint density at radius 1 is 1.29 bits per heavy atom. The summed E-state index contributed by atoms with van der Waals surface area (Å²) in [5.41, 5.74) is 7.00. The van der Waals surface area contributed by atoms with Crippen molar-refractivity contribution < 1.29 is 4.79 Å². The van der Waals surface area contributed by atoms with Crippen LogP contribution in [0.2, 0.25) is 0 Å². The first-order chi connectivity index (χ1) is 8.11. The van der Waals surface area contributed by atoms with Crippen molar-refractivity contribution in [2.75, 3.05) is 0 Å². The first kappa shape index (κ1) is 11.3. The normalized spacial score (nSPS) is 10.8.